The number of rotatable bonds is 8. The molecular weight excluding hydrogens is 464 g/mol. The van der Waals surface area contributed by atoms with E-state index in [2.05, 4.69) is 58.0 Å². The first-order valence-corrected chi connectivity index (χ1v) is 12.9. The molecule has 5 rings (SSSR count). The highest BCUT2D eigenvalue weighted by atomic mass is 16.5. The zero-order chi connectivity index (χ0) is 25.9. The highest BCUT2D eigenvalue weighted by molar-refractivity contribution is 5.82. The average molecular weight is 501 g/mol. The molecule has 1 saturated heterocycles. The van der Waals surface area contributed by atoms with E-state index in [1.54, 1.807) is 18.9 Å². The lowest BCUT2D eigenvalue weighted by Crippen LogP contribution is -2.42. The lowest BCUT2D eigenvalue weighted by Gasteiger charge is -2.36. The third-order valence-corrected chi connectivity index (χ3v) is 7.07. The quantitative estimate of drug-likeness (QED) is 0.331. The van der Waals surface area contributed by atoms with Crippen LogP contribution in [0.2, 0.25) is 0 Å². The predicted molar refractivity (Wildman–Crippen MR) is 148 cm³/mol. The Balaban J connectivity index is 1.52. The second-order valence-corrected chi connectivity index (χ2v) is 10.3. The van der Waals surface area contributed by atoms with E-state index in [9.17, 15) is 0 Å². The predicted octanol–water partition coefficient (Wildman–Crippen LogP) is 5.16. The van der Waals surface area contributed by atoms with Gasteiger partial charge < -0.3 is 19.3 Å². The van der Waals surface area contributed by atoms with E-state index < -0.39 is 0 Å². The number of aromatic nitrogens is 4. The molecule has 1 aliphatic rings. The Hall–Kier alpha value is -3.65. The number of benzene rings is 2. The van der Waals surface area contributed by atoms with Gasteiger partial charge in [0, 0.05) is 74.6 Å². The van der Waals surface area contributed by atoms with Crippen LogP contribution in [0.25, 0.3) is 22.3 Å². The van der Waals surface area contributed by atoms with E-state index in [4.69, 9.17) is 14.5 Å². The molecule has 0 amide bonds. The fourth-order valence-electron chi connectivity index (χ4n) is 5.43. The van der Waals surface area contributed by atoms with Gasteiger partial charge in [0.05, 0.1) is 43.3 Å². The fourth-order valence-corrected chi connectivity index (χ4v) is 5.43. The Morgan fingerprint density at radius 1 is 0.919 bits per heavy atom. The summed E-state index contributed by atoms with van der Waals surface area (Å²) in [4.78, 5) is 14.5. The van der Waals surface area contributed by atoms with Crippen LogP contribution in [0.4, 0.5) is 11.4 Å². The maximum atomic E-state index is 5.60. The number of likely N-dealkylation sites (tertiary alicyclic amines) is 1. The Morgan fingerprint density at radius 2 is 1.65 bits per heavy atom. The minimum Gasteiger partial charge on any atom is -0.497 e. The van der Waals surface area contributed by atoms with Crippen LogP contribution < -0.4 is 14.4 Å². The van der Waals surface area contributed by atoms with E-state index in [1.807, 2.05) is 37.8 Å². The molecule has 0 spiro atoms. The molecule has 1 aliphatic heterocycles. The molecule has 0 radical (unpaired) electrons. The van der Waals surface area contributed by atoms with Crippen molar-refractivity contribution in [2.45, 2.75) is 20.3 Å². The van der Waals surface area contributed by atoms with Crippen LogP contribution in [-0.2, 0) is 7.05 Å². The van der Waals surface area contributed by atoms with E-state index in [-0.39, 0.29) is 0 Å². The molecule has 2 atom stereocenters. The average Bonchev–Trinajstić information content (AvgIpc) is 3.33. The van der Waals surface area contributed by atoms with Gasteiger partial charge in [-0.1, -0.05) is 13.8 Å². The van der Waals surface area contributed by atoms with Gasteiger partial charge in [-0.3, -0.25) is 9.67 Å². The van der Waals surface area contributed by atoms with Crippen molar-refractivity contribution in [1.29, 1.82) is 0 Å². The van der Waals surface area contributed by atoms with Gasteiger partial charge in [-0.25, -0.2) is 4.98 Å². The molecule has 0 bridgehead atoms. The van der Waals surface area contributed by atoms with Gasteiger partial charge >= 0.3 is 0 Å². The minimum absolute atomic E-state index is 0.718. The highest BCUT2D eigenvalue weighted by Gasteiger charge is 2.23. The summed E-state index contributed by atoms with van der Waals surface area (Å²) in [5.41, 5.74) is 5.54. The summed E-state index contributed by atoms with van der Waals surface area (Å²) in [7, 11) is 5.27. The van der Waals surface area contributed by atoms with Crippen molar-refractivity contribution < 1.29 is 9.47 Å². The smallest absolute Gasteiger partial charge is 0.124 e. The van der Waals surface area contributed by atoms with Crippen LogP contribution in [0.5, 0.6) is 11.5 Å². The minimum atomic E-state index is 0.718. The zero-order valence-corrected chi connectivity index (χ0v) is 22.4. The lowest BCUT2D eigenvalue weighted by atomic mass is 9.92. The lowest BCUT2D eigenvalue weighted by molar-refractivity contribution is 0.145. The summed E-state index contributed by atoms with van der Waals surface area (Å²) in [6, 6.07) is 12.3. The van der Waals surface area contributed by atoms with Crippen molar-refractivity contribution in [3.63, 3.8) is 0 Å². The molecular formula is C29H36N6O2. The van der Waals surface area contributed by atoms with E-state index in [1.165, 1.54) is 6.42 Å². The number of piperidine rings is 1. The van der Waals surface area contributed by atoms with Crippen molar-refractivity contribution in [2.24, 2.45) is 18.9 Å². The third-order valence-electron chi connectivity index (χ3n) is 7.07. The highest BCUT2D eigenvalue weighted by Crippen LogP contribution is 2.34. The molecule has 8 nitrogen and oxygen atoms in total. The molecule has 194 valence electrons. The van der Waals surface area contributed by atoms with Crippen molar-refractivity contribution in [3.05, 3.63) is 55.0 Å². The standard InChI is InChI=1S/C29H36N6O2/c1-20-10-21(2)18-34(17-20)8-9-35(24-11-25(36-4)14-26(12-24)37-5)23-6-7-27-28(13-23)32-29(16-30-27)22-15-31-33(3)19-22/h6-7,11-16,19-21H,8-10,17-18H2,1-5H3/t20-,21?/m0/s1. The van der Waals surface area contributed by atoms with Crippen LogP contribution >= 0.6 is 0 Å². The van der Waals surface area contributed by atoms with Gasteiger partial charge in [0.15, 0.2) is 0 Å². The van der Waals surface area contributed by atoms with Crippen molar-refractivity contribution in [3.8, 4) is 22.8 Å². The monoisotopic (exact) mass is 500 g/mol. The molecule has 1 unspecified atom stereocenters. The van der Waals surface area contributed by atoms with Gasteiger partial charge in [-0.15, -0.1) is 0 Å². The summed E-state index contributed by atoms with van der Waals surface area (Å²) in [6.07, 6.45) is 6.88. The van der Waals surface area contributed by atoms with Gasteiger partial charge in [-0.05, 0) is 36.5 Å². The van der Waals surface area contributed by atoms with E-state index in [0.29, 0.717) is 0 Å². The van der Waals surface area contributed by atoms with Crippen molar-refractivity contribution in [1.82, 2.24) is 24.6 Å². The fraction of sp³-hybridized carbons (Fsp3) is 0.414. The summed E-state index contributed by atoms with van der Waals surface area (Å²) >= 11 is 0. The number of methoxy groups -OCH3 is 2. The maximum Gasteiger partial charge on any atom is 0.124 e. The second-order valence-electron chi connectivity index (χ2n) is 10.3. The summed E-state index contributed by atoms with van der Waals surface area (Å²) < 4.78 is 13.0. The van der Waals surface area contributed by atoms with Crippen LogP contribution in [0.1, 0.15) is 20.3 Å². The molecule has 3 heterocycles. The summed E-state index contributed by atoms with van der Waals surface area (Å²) in [6.45, 7) is 8.78. The molecule has 0 saturated carbocycles. The van der Waals surface area contributed by atoms with Crippen LogP contribution in [0.15, 0.2) is 55.0 Å². The van der Waals surface area contributed by atoms with Crippen molar-refractivity contribution >= 4 is 22.4 Å². The molecule has 2 aromatic heterocycles. The molecule has 8 heteroatoms. The topological polar surface area (TPSA) is 68.5 Å². The summed E-state index contributed by atoms with van der Waals surface area (Å²) in [5.74, 6) is 2.96. The van der Waals surface area contributed by atoms with Gasteiger partial charge in [0.2, 0.25) is 0 Å². The first-order chi connectivity index (χ1) is 17.9. The Bertz CT molecular complexity index is 1340. The number of nitrogens with zero attached hydrogens (tertiary/aromatic N) is 6. The zero-order valence-electron chi connectivity index (χ0n) is 22.4. The SMILES string of the molecule is COc1cc(OC)cc(N(CCN2CC(C)C[C@H](C)C2)c2ccc3ncc(-c4cnn(C)c4)nc3c2)c1. The first kappa shape index (κ1) is 25.0. The Morgan fingerprint density at radius 3 is 2.30 bits per heavy atom. The van der Waals surface area contributed by atoms with Gasteiger partial charge in [-0.2, -0.15) is 5.10 Å². The molecule has 0 N–H and O–H groups in total. The molecule has 0 aliphatic carbocycles. The van der Waals surface area contributed by atoms with Crippen LogP contribution in [-0.4, -0.2) is 65.0 Å². The van der Waals surface area contributed by atoms with E-state index in [0.717, 1.165) is 83.2 Å². The first-order valence-electron chi connectivity index (χ1n) is 12.9. The third kappa shape index (κ3) is 5.69. The van der Waals surface area contributed by atoms with Crippen LogP contribution in [0, 0.1) is 11.8 Å². The second kappa shape index (κ2) is 10.8. The maximum absolute atomic E-state index is 5.60. The molecule has 37 heavy (non-hydrogen) atoms. The molecule has 1 fully saturated rings. The Labute approximate surface area is 218 Å². The Kier molecular flexibility index (Phi) is 7.28. The van der Waals surface area contributed by atoms with Crippen LogP contribution in [0.3, 0.4) is 0 Å². The number of aryl methyl sites for hydroxylation is 1. The number of ether oxygens (including phenoxy) is 2. The number of hydrogen-bond donors (Lipinski definition) is 0. The number of hydrogen-bond acceptors (Lipinski definition) is 7. The molecule has 4 aromatic rings. The van der Waals surface area contributed by atoms with Gasteiger partial charge in [0.1, 0.15) is 11.5 Å². The molecule has 2 aromatic carbocycles. The number of anilines is 2. The normalized spacial score (nSPS) is 18.2. The largest absolute Gasteiger partial charge is 0.497 e. The number of fused-ring (bicyclic) bond motifs is 1. The van der Waals surface area contributed by atoms with Crippen molar-refractivity contribution in [2.75, 3.05) is 45.3 Å². The van der Waals surface area contributed by atoms with Gasteiger partial charge in [0.25, 0.3) is 0 Å². The summed E-state index contributed by atoms with van der Waals surface area (Å²) in [5, 5.41) is 4.28. The van der Waals surface area contributed by atoms with E-state index >= 15 is 0 Å².